The Balaban J connectivity index is 2.12. The van der Waals surface area contributed by atoms with E-state index >= 15 is 0 Å². The number of hydrogen-bond donors (Lipinski definition) is 0. The number of nitrogens with zero attached hydrogens (tertiary/aromatic N) is 2. The van der Waals surface area contributed by atoms with Crippen LogP contribution in [0.1, 0.15) is 6.42 Å². The van der Waals surface area contributed by atoms with Crippen LogP contribution in [-0.2, 0) is 31.2 Å². The summed E-state index contributed by atoms with van der Waals surface area (Å²) in [5, 5.41) is 0. The van der Waals surface area contributed by atoms with Crippen LogP contribution in [0, 0.1) is 0 Å². The van der Waals surface area contributed by atoms with Crippen molar-refractivity contribution in [3.05, 3.63) is 0 Å². The Hall–Kier alpha value is 0.525. The molecule has 0 aliphatic carbocycles. The molecule has 0 radical (unpaired) electrons. The Morgan fingerprint density at radius 3 is 2.45 bits per heavy atom. The van der Waals surface area contributed by atoms with E-state index in [4.69, 9.17) is 0 Å². The van der Waals surface area contributed by atoms with Gasteiger partial charge < -0.3 is 0 Å². The van der Waals surface area contributed by atoms with E-state index in [0.717, 1.165) is 52.3 Å². The average Bonchev–Trinajstić information content (AvgIpc) is 2.04. The van der Waals surface area contributed by atoms with Crippen molar-refractivity contribution in [2.45, 2.75) is 6.42 Å². The summed E-state index contributed by atoms with van der Waals surface area (Å²) in [6.07, 6.45) is 1.71. The van der Waals surface area contributed by atoms with E-state index in [1.165, 1.54) is 13.1 Å². The second-order valence-electron chi connectivity index (χ2n) is 2.92. The Morgan fingerprint density at radius 2 is 1.91 bits per heavy atom. The number of aldehydes is 1. The van der Waals surface area contributed by atoms with Crippen LogP contribution in [0.15, 0.2) is 0 Å². The van der Waals surface area contributed by atoms with Gasteiger partial charge in [-0.1, -0.05) is 0 Å². The topological polar surface area (TPSA) is 23.6 Å². The first-order valence-corrected chi connectivity index (χ1v) is 6.50. The van der Waals surface area contributed by atoms with Crippen LogP contribution in [0.4, 0.5) is 0 Å². The van der Waals surface area contributed by atoms with Gasteiger partial charge in [0, 0.05) is 0 Å². The summed E-state index contributed by atoms with van der Waals surface area (Å²) in [6.45, 7) is 5.74. The molecule has 0 aromatic carbocycles. The molecule has 0 N–H and O–H groups in total. The zero-order chi connectivity index (χ0) is 8.10. The average molecular weight is 342 g/mol. The SMILES string of the molecule is O=CCCN1CC[N]([Hg])CC1. The third-order valence-corrected chi connectivity index (χ3v) is 4.49. The van der Waals surface area contributed by atoms with Gasteiger partial charge in [-0.05, 0) is 0 Å². The number of rotatable bonds is 3. The predicted octanol–water partition coefficient (Wildman–Crippen LogP) is -0.345. The van der Waals surface area contributed by atoms with E-state index in [9.17, 15) is 4.79 Å². The monoisotopic (exact) mass is 343 g/mol. The van der Waals surface area contributed by atoms with Crippen molar-refractivity contribution in [1.29, 1.82) is 0 Å². The van der Waals surface area contributed by atoms with Gasteiger partial charge in [0.1, 0.15) is 0 Å². The molecule has 1 saturated heterocycles. The Morgan fingerprint density at radius 1 is 1.27 bits per heavy atom. The van der Waals surface area contributed by atoms with Gasteiger partial charge in [-0.25, -0.2) is 0 Å². The molecule has 0 saturated carbocycles. The van der Waals surface area contributed by atoms with Gasteiger partial charge in [0.25, 0.3) is 0 Å². The molecule has 0 amide bonds. The van der Waals surface area contributed by atoms with Crippen molar-refractivity contribution in [2.24, 2.45) is 0 Å². The molecule has 1 aliphatic rings. The summed E-state index contributed by atoms with van der Waals surface area (Å²) >= 11 is 0.803. The third kappa shape index (κ3) is 3.63. The Bertz CT molecular complexity index is 124. The van der Waals surface area contributed by atoms with Crippen molar-refractivity contribution in [3.8, 4) is 0 Å². The molecule has 3 nitrogen and oxygen atoms in total. The maximum absolute atomic E-state index is 10.1. The molecule has 11 heavy (non-hydrogen) atoms. The van der Waals surface area contributed by atoms with Crippen molar-refractivity contribution < 1.29 is 31.2 Å². The van der Waals surface area contributed by atoms with Gasteiger partial charge in [-0.15, -0.1) is 0 Å². The van der Waals surface area contributed by atoms with Gasteiger partial charge in [-0.2, -0.15) is 0 Å². The molecular weight excluding hydrogens is 329 g/mol. The van der Waals surface area contributed by atoms with Crippen molar-refractivity contribution in [3.63, 3.8) is 0 Å². The van der Waals surface area contributed by atoms with E-state index < -0.39 is 0 Å². The summed E-state index contributed by atoms with van der Waals surface area (Å²) in [4.78, 5) is 12.5. The van der Waals surface area contributed by atoms with Crippen LogP contribution < -0.4 is 0 Å². The summed E-state index contributed by atoms with van der Waals surface area (Å²) in [6, 6.07) is 0. The number of carbonyl (C=O) groups is 1. The first-order valence-electron chi connectivity index (χ1n) is 4.04. The van der Waals surface area contributed by atoms with Crippen LogP contribution in [0.5, 0.6) is 0 Å². The minimum atomic E-state index is 0.700. The van der Waals surface area contributed by atoms with E-state index in [0.29, 0.717) is 6.42 Å². The zero-order valence-electron chi connectivity index (χ0n) is 6.83. The fourth-order valence-electron chi connectivity index (χ4n) is 1.25. The van der Waals surface area contributed by atoms with E-state index in [2.05, 4.69) is 7.56 Å². The Labute approximate surface area is 84.1 Å². The molecule has 1 fully saturated rings. The third-order valence-electron chi connectivity index (χ3n) is 2.03. The summed E-state index contributed by atoms with van der Waals surface area (Å²) < 4.78 is 2.51. The second kappa shape index (κ2) is 5.22. The maximum atomic E-state index is 10.1. The molecular formula is C7H13HgN2O. The van der Waals surface area contributed by atoms with E-state index in [-0.39, 0.29) is 0 Å². The van der Waals surface area contributed by atoms with Gasteiger partial charge >= 0.3 is 84.2 Å². The normalized spacial score (nSPS) is 22.0. The van der Waals surface area contributed by atoms with Crippen molar-refractivity contribution >= 4 is 6.29 Å². The van der Waals surface area contributed by atoms with Gasteiger partial charge in [0.15, 0.2) is 0 Å². The first-order chi connectivity index (χ1) is 5.33. The molecule has 0 spiro atoms. The second-order valence-corrected chi connectivity index (χ2v) is 6.39. The number of carbonyl (C=O) groups excluding carboxylic acids is 1. The minimum absolute atomic E-state index is 0.700. The van der Waals surface area contributed by atoms with Crippen LogP contribution >= 0.6 is 0 Å². The van der Waals surface area contributed by atoms with Gasteiger partial charge in [0.05, 0.1) is 0 Å². The van der Waals surface area contributed by atoms with E-state index in [1.807, 2.05) is 0 Å². The molecule has 0 bridgehead atoms. The molecule has 0 atom stereocenters. The van der Waals surface area contributed by atoms with Crippen LogP contribution in [0.3, 0.4) is 0 Å². The first kappa shape index (κ1) is 9.61. The summed E-state index contributed by atoms with van der Waals surface area (Å²) in [7, 11) is 0. The fraction of sp³-hybridized carbons (Fsp3) is 0.857. The number of hydrogen-bond acceptors (Lipinski definition) is 3. The summed E-state index contributed by atoms with van der Waals surface area (Å²) in [5.41, 5.74) is 0. The standard InChI is InChI=1S/C7H13N2O.Hg/c10-7-1-4-9-5-2-8-3-6-9;/h7H,1-6H2;/q-1;+1. The van der Waals surface area contributed by atoms with Crippen LogP contribution in [0.25, 0.3) is 0 Å². The quantitative estimate of drug-likeness (QED) is 0.518. The summed E-state index contributed by atoms with van der Waals surface area (Å²) in [5.74, 6) is 0. The van der Waals surface area contributed by atoms with Crippen LogP contribution in [0.2, 0.25) is 0 Å². The van der Waals surface area contributed by atoms with Crippen molar-refractivity contribution in [2.75, 3.05) is 32.7 Å². The molecule has 0 aromatic heterocycles. The fourth-order valence-corrected chi connectivity index (χ4v) is 2.35. The zero-order valence-corrected chi connectivity index (χ0v) is 12.3. The van der Waals surface area contributed by atoms with E-state index in [1.54, 1.807) is 0 Å². The molecule has 1 heterocycles. The molecule has 4 heteroatoms. The molecule has 0 unspecified atom stereocenters. The van der Waals surface area contributed by atoms with Gasteiger partial charge in [0.2, 0.25) is 0 Å². The Kier molecular flexibility index (Phi) is 4.56. The number of piperazine rings is 1. The van der Waals surface area contributed by atoms with Gasteiger partial charge in [-0.3, -0.25) is 0 Å². The predicted molar refractivity (Wildman–Crippen MR) is 38.7 cm³/mol. The molecule has 0 aromatic rings. The molecule has 1 aliphatic heterocycles. The molecule has 59 valence electrons. The molecule has 1 rings (SSSR count). The van der Waals surface area contributed by atoms with Crippen molar-refractivity contribution in [1.82, 2.24) is 7.56 Å². The van der Waals surface area contributed by atoms with Crippen LogP contribution in [-0.4, -0.2) is 46.6 Å².